The van der Waals surface area contributed by atoms with Gasteiger partial charge >= 0.3 is 6.18 Å². The highest BCUT2D eigenvalue weighted by atomic mass is 35.5. The Hall–Kier alpha value is -1.80. The monoisotopic (exact) mass is 309 g/mol. The van der Waals surface area contributed by atoms with Gasteiger partial charge in [-0.15, -0.1) is 0 Å². The van der Waals surface area contributed by atoms with Gasteiger partial charge in [-0.05, 0) is 25.1 Å². The smallest absolute Gasteiger partial charge is 0.366 e. The third-order valence-corrected chi connectivity index (χ3v) is 2.89. The lowest BCUT2D eigenvalue weighted by molar-refractivity contribution is -0.184. The lowest BCUT2D eigenvalue weighted by Crippen LogP contribution is -2.59. The van der Waals surface area contributed by atoms with E-state index in [0.29, 0.717) is 6.92 Å². The molecule has 0 aliphatic carbocycles. The summed E-state index contributed by atoms with van der Waals surface area (Å²) in [5.74, 6) is -2.32. The number of amides is 2. The van der Waals surface area contributed by atoms with Crippen LogP contribution in [-0.4, -0.2) is 23.5 Å². The highest BCUT2D eigenvalue weighted by molar-refractivity contribution is 6.34. The van der Waals surface area contributed by atoms with Crippen molar-refractivity contribution in [1.82, 2.24) is 0 Å². The van der Waals surface area contributed by atoms with Gasteiger partial charge in [0.2, 0.25) is 5.91 Å². The molecule has 5 N–H and O–H groups in total. The molecule has 0 heterocycles. The van der Waals surface area contributed by atoms with Crippen LogP contribution >= 0.6 is 11.6 Å². The van der Waals surface area contributed by atoms with E-state index in [1.807, 2.05) is 5.32 Å². The second-order valence-corrected chi connectivity index (χ2v) is 4.62. The zero-order valence-electron chi connectivity index (χ0n) is 10.2. The fourth-order valence-electron chi connectivity index (χ4n) is 1.16. The van der Waals surface area contributed by atoms with Crippen LogP contribution in [0.4, 0.5) is 18.9 Å². The minimum Gasteiger partial charge on any atom is -0.366 e. The molecule has 110 valence electrons. The average molecular weight is 310 g/mol. The molecule has 20 heavy (non-hydrogen) atoms. The summed E-state index contributed by atoms with van der Waals surface area (Å²) in [4.78, 5) is 22.6. The van der Waals surface area contributed by atoms with Crippen molar-refractivity contribution in [3.8, 4) is 0 Å². The average Bonchev–Trinajstić information content (AvgIpc) is 2.29. The van der Waals surface area contributed by atoms with Crippen molar-refractivity contribution in [2.24, 2.45) is 11.5 Å². The zero-order valence-corrected chi connectivity index (χ0v) is 11.0. The minimum atomic E-state index is -4.94. The predicted octanol–water partition coefficient (Wildman–Crippen LogP) is 1.66. The Morgan fingerprint density at radius 3 is 2.30 bits per heavy atom. The number of carbonyl (C=O) groups is 2. The van der Waals surface area contributed by atoms with Crippen molar-refractivity contribution in [3.05, 3.63) is 28.8 Å². The first-order valence-electron chi connectivity index (χ1n) is 5.23. The van der Waals surface area contributed by atoms with E-state index >= 15 is 0 Å². The molecule has 9 heteroatoms. The van der Waals surface area contributed by atoms with Gasteiger partial charge in [-0.1, -0.05) is 11.6 Å². The van der Waals surface area contributed by atoms with Crippen molar-refractivity contribution in [2.45, 2.75) is 18.6 Å². The van der Waals surface area contributed by atoms with Crippen LogP contribution < -0.4 is 16.8 Å². The molecule has 1 rings (SSSR count). The predicted molar refractivity (Wildman–Crippen MR) is 67.2 cm³/mol. The fourth-order valence-corrected chi connectivity index (χ4v) is 1.32. The van der Waals surface area contributed by atoms with Gasteiger partial charge in [0.15, 0.2) is 5.54 Å². The molecule has 1 aromatic rings. The van der Waals surface area contributed by atoms with Crippen LogP contribution in [0, 0.1) is 0 Å². The first kappa shape index (κ1) is 16.3. The van der Waals surface area contributed by atoms with Crippen LogP contribution in [0.1, 0.15) is 17.3 Å². The molecule has 0 aromatic heterocycles. The maximum absolute atomic E-state index is 12.6. The molecule has 2 amide bonds. The number of benzene rings is 1. The molecule has 0 bridgehead atoms. The minimum absolute atomic E-state index is 0.0181. The van der Waals surface area contributed by atoms with Crippen molar-refractivity contribution in [1.29, 1.82) is 0 Å². The van der Waals surface area contributed by atoms with E-state index in [1.54, 1.807) is 0 Å². The van der Waals surface area contributed by atoms with Crippen LogP contribution in [0.5, 0.6) is 0 Å². The van der Waals surface area contributed by atoms with Crippen molar-refractivity contribution in [2.75, 3.05) is 5.32 Å². The van der Waals surface area contributed by atoms with Crippen LogP contribution in [0.2, 0.25) is 5.02 Å². The normalized spacial score (nSPS) is 14.5. The summed E-state index contributed by atoms with van der Waals surface area (Å²) in [5.41, 5.74) is 6.68. The van der Waals surface area contributed by atoms with Crippen molar-refractivity contribution in [3.63, 3.8) is 0 Å². The summed E-state index contributed by atoms with van der Waals surface area (Å²) in [5, 5.41) is 1.87. The number of primary amides is 1. The maximum Gasteiger partial charge on any atom is 0.415 e. The summed E-state index contributed by atoms with van der Waals surface area (Å²) in [6.07, 6.45) is -4.94. The Labute approximate surface area is 117 Å². The molecule has 0 spiro atoms. The maximum atomic E-state index is 12.6. The van der Waals surface area contributed by atoms with Gasteiger partial charge in [-0.2, -0.15) is 13.2 Å². The summed E-state index contributed by atoms with van der Waals surface area (Å²) < 4.78 is 37.8. The first-order chi connectivity index (χ1) is 8.96. The Morgan fingerprint density at radius 2 is 1.85 bits per heavy atom. The quantitative estimate of drug-likeness (QED) is 0.792. The number of halogens is 4. The number of carbonyl (C=O) groups excluding carboxylic acids is 2. The highest BCUT2D eigenvalue weighted by Gasteiger charge is 2.54. The topological polar surface area (TPSA) is 98.2 Å². The van der Waals surface area contributed by atoms with Gasteiger partial charge in [-0.25, -0.2) is 0 Å². The molecular formula is C11H11ClF3N3O2. The third kappa shape index (κ3) is 3.20. The number of hydrogen-bond acceptors (Lipinski definition) is 3. The van der Waals surface area contributed by atoms with Gasteiger partial charge < -0.3 is 16.8 Å². The van der Waals surface area contributed by atoms with Crippen LogP contribution in [0.3, 0.4) is 0 Å². The number of hydrogen-bond donors (Lipinski definition) is 3. The lowest BCUT2D eigenvalue weighted by Gasteiger charge is -2.26. The zero-order chi connectivity index (χ0) is 15.7. The molecule has 0 aliphatic rings. The van der Waals surface area contributed by atoms with Gasteiger partial charge in [0.1, 0.15) is 0 Å². The molecule has 1 unspecified atom stereocenters. The van der Waals surface area contributed by atoms with Crippen LogP contribution in [0.15, 0.2) is 18.2 Å². The largest absolute Gasteiger partial charge is 0.415 e. The van der Waals surface area contributed by atoms with Crippen molar-refractivity contribution >= 4 is 29.1 Å². The van der Waals surface area contributed by atoms with Gasteiger partial charge in [-0.3, -0.25) is 9.59 Å². The molecule has 0 aliphatic heterocycles. The number of rotatable bonds is 3. The summed E-state index contributed by atoms with van der Waals surface area (Å²) >= 11 is 5.72. The van der Waals surface area contributed by atoms with E-state index < -0.39 is 23.5 Å². The summed E-state index contributed by atoms with van der Waals surface area (Å²) in [6.45, 7) is 0.522. The van der Waals surface area contributed by atoms with E-state index in [2.05, 4.69) is 0 Å². The van der Waals surface area contributed by atoms with Gasteiger partial charge in [0.25, 0.3) is 5.91 Å². The Morgan fingerprint density at radius 1 is 1.30 bits per heavy atom. The fraction of sp³-hybridized carbons (Fsp3) is 0.273. The van der Waals surface area contributed by atoms with Crippen LogP contribution in [0.25, 0.3) is 0 Å². The van der Waals surface area contributed by atoms with Gasteiger partial charge in [0, 0.05) is 5.56 Å². The SMILES string of the molecule is CC(N)(C(=O)Nc1cc(C(N)=O)ccc1Cl)C(F)(F)F. The summed E-state index contributed by atoms with van der Waals surface area (Å²) in [7, 11) is 0. The Bertz CT molecular complexity index is 558. The Balaban J connectivity index is 3.08. The second kappa shape index (κ2) is 5.29. The third-order valence-electron chi connectivity index (χ3n) is 2.56. The molecule has 1 aromatic carbocycles. The number of nitrogens with one attached hydrogen (secondary N) is 1. The first-order valence-corrected chi connectivity index (χ1v) is 5.61. The van der Waals surface area contributed by atoms with E-state index in [-0.39, 0.29) is 16.3 Å². The van der Waals surface area contributed by atoms with E-state index in [9.17, 15) is 22.8 Å². The van der Waals surface area contributed by atoms with E-state index in [0.717, 1.165) is 6.07 Å². The van der Waals surface area contributed by atoms with E-state index in [4.69, 9.17) is 23.1 Å². The molecule has 0 saturated carbocycles. The van der Waals surface area contributed by atoms with Gasteiger partial charge in [0.05, 0.1) is 10.7 Å². The standard InChI is InChI=1S/C11H11ClF3N3O2/c1-10(17,11(13,14)15)9(20)18-7-4-5(8(16)19)2-3-6(7)12/h2-4H,17H2,1H3,(H2,16,19)(H,18,20). The van der Waals surface area contributed by atoms with Crippen molar-refractivity contribution < 1.29 is 22.8 Å². The number of alkyl halides is 3. The Kier molecular flexibility index (Phi) is 4.30. The molecular weight excluding hydrogens is 299 g/mol. The van der Waals surface area contributed by atoms with E-state index in [1.165, 1.54) is 12.1 Å². The van der Waals surface area contributed by atoms with Crippen LogP contribution in [-0.2, 0) is 4.79 Å². The lowest BCUT2D eigenvalue weighted by atomic mass is 10.0. The molecule has 0 radical (unpaired) electrons. The molecule has 5 nitrogen and oxygen atoms in total. The second-order valence-electron chi connectivity index (χ2n) is 4.21. The summed E-state index contributed by atoms with van der Waals surface area (Å²) in [6, 6.07) is 3.56. The number of anilines is 1. The molecule has 0 fully saturated rings. The molecule has 0 saturated heterocycles. The highest BCUT2D eigenvalue weighted by Crippen LogP contribution is 2.30. The molecule has 1 atom stereocenters. The number of nitrogens with two attached hydrogens (primary N) is 2.